The molecule has 0 spiro atoms. The molecule has 0 saturated carbocycles. The van der Waals surface area contributed by atoms with Crippen LogP contribution in [0.5, 0.6) is 17.2 Å². The molecule has 5 heteroatoms. The number of methoxy groups -OCH3 is 1. The van der Waals surface area contributed by atoms with Gasteiger partial charge in [-0.25, -0.2) is 0 Å². The maximum atomic E-state index is 5.69. The molecule has 0 radical (unpaired) electrons. The maximum absolute atomic E-state index is 5.69. The van der Waals surface area contributed by atoms with Gasteiger partial charge in [-0.1, -0.05) is 12.1 Å². The molecular formula is C12H15N3O2. The second kappa shape index (κ2) is 5.36. The Morgan fingerprint density at radius 2 is 2.06 bits per heavy atom. The third kappa shape index (κ3) is 2.76. The molecule has 1 aromatic carbocycles. The summed E-state index contributed by atoms with van der Waals surface area (Å²) in [7, 11) is 3.48. The fraction of sp³-hybridized carbons (Fsp3) is 0.250. The first-order chi connectivity index (χ1) is 8.33. The van der Waals surface area contributed by atoms with E-state index >= 15 is 0 Å². The Morgan fingerprint density at radius 3 is 2.76 bits per heavy atom. The highest BCUT2D eigenvalue weighted by atomic mass is 16.5. The monoisotopic (exact) mass is 233 g/mol. The lowest BCUT2D eigenvalue weighted by molar-refractivity contribution is 0.378. The highest BCUT2D eigenvalue weighted by molar-refractivity contribution is 5.41. The largest absolute Gasteiger partial charge is 0.493 e. The van der Waals surface area contributed by atoms with Crippen LogP contribution in [0.4, 0.5) is 0 Å². The Kier molecular flexibility index (Phi) is 3.62. The number of hydrogen-bond donors (Lipinski definition) is 1. The molecule has 0 fully saturated rings. The molecule has 0 amide bonds. The zero-order valence-electron chi connectivity index (χ0n) is 9.88. The zero-order valence-corrected chi connectivity index (χ0v) is 9.88. The number of ether oxygens (including phenoxy) is 2. The second-order valence-electron chi connectivity index (χ2n) is 3.48. The van der Waals surface area contributed by atoms with Crippen LogP contribution in [0, 0.1) is 0 Å². The number of hydrogen-bond acceptors (Lipinski definition) is 4. The van der Waals surface area contributed by atoms with E-state index in [1.165, 1.54) is 0 Å². The summed E-state index contributed by atoms with van der Waals surface area (Å²) in [5.41, 5.74) is 0. The first kappa shape index (κ1) is 11.5. The summed E-state index contributed by atoms with van der Waals surface area (Å²) in [6, 6.07) is 7.51. The van der Waals surface area contributed by atoms with Crippen molar-refractivity contribution in [2.24, 2.45) is 0 Å². The minimum atomic E-state index is 0.648. The summed E-state index contributed by atoms with van der Waals surface area (Å²) >= 11 is 0. The van der Waals surface area contributed by atoms with E-state index in [0.29, 0.717) is 23.9 Å². The van der Waals surface area contributed by atoms with Crippen LogP contribution in [0.3, 0.4) is 0 Å². The molecule has 0 aliphatic rings. The van der Waals surface area contributed by atoms with Gasteiger partial charge in [0, 0.05) is 0 Å². The highest BCUT2D eigenvalue weighted by Gasteiger charge is 2.05. The smallest absolute Gasteiger partial charge is 0.169 e. The maximum Gasteiger partial charge on any atom is 0.169 e. The molecule has 5 nitrogen and oxygen atoms in total. The normalized spacial score (nSPS) is 10.2. The van der Waals surface area contributed by atoms with Crippen LogP contribution < -0.4 is 14.8 Å². The minimum absolute atomic E-state index is 0.648. The lowest BCUT2D eigenvalue weighted by Gasteiger charge is -2.07. The molecule has 0 aliphatic carbocycles. The van der Waals surface area contributed by atoms with Crippen molar-refractivity contribution in [1.29, 1.82) is 0 Å². The average Bonchev–Trinajstić information content (AvgIpc) is 2.78. The molecule has 17 heavy (non-hydrogen) atoms. The lowest BCUT2D eigenvalue weighted by atomic mass is 10.3. The van der Waals surface area contributed by atoms with Gasteiger partial charge in [-0.2, -0.15) is 5.10 Å². The van der Waals surface area contributed by atoms with Crippen molar-refractivity contribution < 1.29 is 9.47 Å². The van der Waals surface area contributed by atoms with Crippen molar-refractivity contribution in [3.8, 4) is 17.2 Å². The Labute approximate surface area is 100.0 Å². The number of aromatic nitrogens is 2. The van der Waals surface area contributed by atoms with Crippen molar-refractivity contribution in [2.45, 2.75) is 6.67 Å². The molecule has 0 atom stereocenters. The van der Waals surface area contributed by atoms with Crippen molar-refractivity contribution in [1.82, 2.24) is 15.1 Å². The molecule has 90 valence electrons. The second-order valence-corrected chi connectivity index (χ2v) is 3.48. The van der Waals surface area contributed by atoms with Gasteiger partial charge in [-0.15, -0.1) is 0 Å². The first-order valence-corrected chi connectivity index (χ1v) is 5.31. The van der Waals surface area contributed by atoms with Gasteiger partial charge in [0.2, 0.25) is 0 Å². The Hall–Kier alpha value is -2.01. The SMILES string of the molecule is CNCn1cc(Oc2ccccc2OC)cn1. The summed E-state index contributed by atoms with van der Waals surface area (Å²) in [4.78, 5) is 0. The molecule has 2 aromatic rings. The summed E-state index contributed by atoms with van der Waals surface area (Å²) in [6.07, 6.45) is 3.49. The topological polar surface area (TPSA) is 48.3 Å². The van der Waals surface area contributed by atoms with E-state index in [1.54, 1.807) is 18.0 Å². The zero-order chi connectivity index (χ0) is 12.1. The first-order valence-electron chi connectivity index (χ1n) is 5.31. The van der Waals surface area contributed by atoms with Gasteiger partial charge in [0.1, 0.15) is 0 Å². The van der Waals surface area contributed by atoms with E-state index in [2.05, 4.69) is 10.4 Å². The van der Waals surface area contributed by atoms with Gasteiger partial charge in [0.15, 0.2) is 17.2 Å². The fourth-order valence-electron chi connectivity index (χ4n) is 1.48. The van der Waals surface area contributed by atoms with Crippen LogP contribution in [0.2, 0.25) is 0 Å². The van der Waals surface area contributed by atoms with Crippen molar-refractivity contribution >= 4 is 0 Å². The van der Waals surface area contributed by atoms with E-state index in [1.807, 2.05) is 37.5 Å². The minimum Gasteiger partial charge on any atom is -0.493 e. The van der Waals surface area contributed by atoms with Crippen LogP contribution in [-0.4, -0.2) is 23.9 Å². The third-order valence-corrected chi connectivity index (χ3v) is 2.23. The number of nitrogens with one attached hydrogen (secondary N) is 1. The predicted octanol–water partition coefficient (Wildman–Crippen LogP) is 1.86. The van der Waals surface area contributed by atoms with Crippen molar-refractivity contribution in [2.75, 3.05) is 14.2 Å². The van der Waals surface area contributed by atoms with Gasteiger partial charge in [0.05, 0.1) is 26.2 Å². The molecule has 0 saturated heterocycles. The highest BCUT2D eigenvalue weighted by Crippen LogP contribution is 2.30. The molecule has 2 rings (SSSR count). The number of benzene rings is 1. The van der Waals surface area contributed by atoms with E-state index in [9.17, 15) is 0 Å². The van der Waals surface area contributed by atoms with Crippen molar-refractivity contribution in [3.63, 3.8) is 0 Å². The number of para-hydroxylation sites is 2. The molecule has 0 bridgehead atoms. The van der Waals surface area contributed by atoms with Gasteiger partial charge < -0.3 is 14.8 Å². The van der Waals surface area contributed by atoms with Crippen LogP contribution >= 0.6 is 0 Å². The van der Waals surface area contributed by atoms with E-state index in [-0.39, 0.29) is 0 Å². The van der Waals surface area contributed by atoms with Crippen LogP contribution in [-0.2, 0) is 6.67 Å². The van der Waals surface area contributed by atoms with E-state index in [0.717, 1.165) is 0 Å². The van der Waals surface area contributed by atoms with Gasteiger partial charge in [-0.3, -0.25) is 4.68 Å². The molecule has 1 heterocycles. The summed E-state index contributed by atoms with van der Waals surface area (Å²) < 4.78 is 12.7. The standard InChI is InChI=1S/C12H15N3O2/c1-13-9-15-8-10(7-14-15)17-12-6-4-3-5-11(12)16-2/h3-8,13H,9H2,1-2H3. The molecular weight excluding hydrogens is 218 g/mol. The lowest BCUT2D eigenvalue weighted by Crippen LogP contribution is -2.12. The Balaban J connectivity index is 2.13. The van der Waals surface area contributed by atoms with Gasteiger partial charge in [-0.05, 0) is 19.2 Å². The van der Waals surface area contributed by atoms with Gasteiger partial charge >= 0.3 is 0 Å². The molecule has 0 aliphatic heterocycles. The third-order valence-electron chi connectivity index (χ3n) is 2.23. The van der Waals surface area contributed by atoms with Gasteiger partial charge in [0.25, 0.3) is 0 Å². The predicted molar refractivity (Wildman–Crippen MR) is 64.4 cm³/mol. The van der Waals surface area contributed by atoms with E-state index < -0.39 is 0 Å². The molecule has 1 N–H and O–H groups in total. The Bertz CT molecular complexity index is 482. The molecule has 1 aromatic heterocycles. The summed E-state index contributed by atoms with van der Waals surface area (Å²) in [5.74, 6) is 2.07. The number of rotatable bonds is 5. The quantitative estimate of drug-likeness (QED) is 0.856. The molecule has 0 unspecified atom stereocenters. The average molecular weight is 233 g/mol. The van der Waals surface area contributed by atoms with Crippen LogP contribution in [0.1, 0.15) is 0 Å². The summed E-state index contributed by atoms with van der Waals surface area (Å²) in [5, 5.41) is 7.15. The van der Waals surface area contributed by atoms with Crippen LogP contribution in [0.15, 0.2) is 36.7 Å². The fourth-order valence-corrected chi connectivity index (χ4v) is 1.48. The summed E-state index contributed by atoms with van der Waals surface area (Å²) in [6.45, 7) is 0.648. The van der Waals surface area contributed by atoms with E-state index in [4.69, 9.17) is 9.47 Å². The number of nitrogens with zero attached hydrogens (tertiary/aromatic N) is 2. The Morgan fingerprint density at radius 1 is 1.29 bits per heavy atom. The van der Waals surface area contributed by atoms with Crippen LogP contribution in [0.25, 0.3) is 0 Å². The van der Waals surface area contributed by atoms with Crippen molar-refractivity contribution in [3.05, 3.63) is 36.7 Å².